The van der Waals surface area contributed by atoms with Crippen molar-refractivity contribution in [3.05, 3.63) is 124 Å². The largest absolute Gasteiger partial charge is 0.480 e. The van der Waals surface area contributed by atoms with Crippen LogP contribution in [0.25, 0.3) is 11.6 Å². The molecule has 2 atom stereocenters. The topological polar surface area (TPSA) is 178 Å². The molecule has 3 amide bonds. The van der Waals surface area contributed by atoms with E-state index in [0.29, 0.717) is 28.2 Å². The van der Waals surface area contributed by atoms with Crippen molar-refractivity contribution in [2.24, 2.45) is 0 Å². The molecule has 46 heavy (non-hydrogen) atoms. The zero-order valence-electron chi connectivity index (χ0n) is 25.1. The second-order valence-corrected chi connectivity index (χ2v) is 11.0. The van der Waals surface area contributed by atoms with Crippen LogP contribution in [0, 0.1) is 13.8 Å². The third-order valence-electron chi connectivity index (χ3n) is 7.83. The predicted molar refractivity (Wildman–Crippen MR) is 171 cm³/mol. The van der Waals surface area contributed by atoms with E-state index < -0.39 is 41.7 Å². The predicted octanol–water partition coefficient (Wildman–Crippen LogP) is 3.98. The Balaban J connectivity index is 1.38. The number of aromatic amines is 1. The highest BCUT2D eigenvalue weighted by Gasteiger charge is 2.29. The first-order valence-corrected chi connectivity index (χ1v) is 14.5. The van der Waals surface area contributed by atoms with Crippen molar-refractivity contribution in [3.63, 3.8) is 0 Å². The van der Waals surface area contributed by atoms with Crippen LogP contribution < -0.4 is 16.0 Å². The summed E-state index contributed by atoms with van der Waals surface area (Å²) in [7, 11) is 0. The van der Waals surface area contributed by atoms with Crippen LogP contribution in [0.4, 0.5) is 5.69 Å². The number of aryl methyl sites for hydroxylation is 1. The molecule has 0 saturated heterocycles. The molecule has 5 rings (SSSR count). The Bertz CT molecular complexity index is 1860. The molecule has 0 saturated carbocycles. The molecular formula is C35H32N4O7. The van der Waals surface area contributed by atoms with Crippen molar-refractivity contribution >= 4 is 47.0 Å². The Morgan fingerprint density at radius 2 is 1.33 bits per heavy atom. The highest BCUT2D eigenvalue weighted by atomic mass is 16.4. The Labute approximate surface area is 264 Å². The summed E-state index contributed by atoms with van der Waals surface area (Å²) in [5.74, 6) is -3.95. The van der Waals surface area contributed by atoms with Crippen molar-refractivity contribution < 1.29 is 34.2 Å². The van der Waals surface area contributed by atoms with Gasteiger partial charge in [0, 0.05) is 41.0 Å². The summed E-state index contributed by atoms with van der Waals surface area (Å²) in [5.41, 5.74) is 4.51. The van der Waals surface area contributed by atoms with Crippen LogP contribution in [-0.4, -0.2) is 56.9 Å². The summed E-state index contributed by atoms with van der Waals surface area (Å²) in [6, 6.07) is 20.2. The van der Waals surface area contributed by atoms with Gasteiger partial charge in [0.25, 0.3) is 17.7 Å². The van der Waals surface area contributed by atoms with E-state index in [0.717, 1.165) is 11.1 Å². The summed E-state index contributed by atoms with van der Waals surface area (Å²) >= 11 is 0. The standard InChI is InChI=1S/C35H32N4O7/c1-19-27(36-20(2)30(19)33(42)39-29(35(45)46)16-22-11-7-4-8-12-22)18-25-24-17-23(13-14-26(24)37-32(25)41)31(40)38-28(34(43)44)15-21-9-5-3-6-10-21/h3-14,17-18,28-29,36H,15-16H2,1-2H3,(H,37,41)(H,38,40)(H,39,42)(H,43,44)(H,45,46)/b25-18-/t28-,29+/m0/s1. The van der Waals surface area contributed by atoms with E-state index >= 15 is 0 Å². The number of carbonyl (C=O) groups is 5. The van der Waals surface area contributed by atoms with Crippen molar-refractivity contribution in [1.82, 2.24) is 15.6 Å². The second-order valence-electron chi connectivity index (χ2n) is 11.0. The molecule has 0 spiro atoms. The number of carboxylic acids is 2. The van der Waals surface area contributed by atoms with E-state index in [9.17, 15) is 34.2 Å². The van der Waals surface area contributed by atoms with E-state index in [1.165, 1.54) is 12.1 Å². The van der Waals surface area contributed by atoms with Crippen LogP contribution in [0.5, 0.6) is 0 Å². The molecule has 11 nitrogen and oxygen atoms in total. The number of rotatable bonds is 11. The number of benzene rings is 3. The first-order valence-electron chi connectivity index (χ1n) is 14.5. The molecule has 0 fully saturated rings. The molecule has 1 aliphatic rings. The van der Waals surface area contributed by atoms with Crippen molar-refractivity contribution in [3.8, 4) is 0 Å². The third kappa shape index (κ3) is 6.88. The summed E-state index contributed by atoms with van der Waals surface area (Å²) in [5, 5.41) is 27.4. The van der Waals surface area contributed by atoms with Crippen molar-refractivity contribution in [2.75, 3.05) is 5.32 Å². The van der Waals surface area contributed by atoms with Gasteiger partial charge >= 0.3 is 11.9 Å². The Morgan fingerprint density at radius 3 is 1.87 bits per heavy atom. The number of carboxylic acid groups (broad SMARTS) is 2. The third-order valence-corrected chi connectivity index (χ3v) is 7.83. The van der Waals surface area contributed by atoms with Gasteiger partial charge in [-0.15, -0.1) is 0 Å². The van der Waals surface area contributed by atoms with E-state index in [2.05, 4.69) is 20.9 Å². The number of nitrogens with one attached hydrogen (secondary N) is 4. The monoisotopic (exact) mass is 620 g/mol. The molecule has 4 aromatic rings. The summed E-state index contributed by atoms with van der Waals surface area (Å²) < 4.78 is 0. The number of amides is 3. The Hall–Kier alpha value is -5.97. The van der Waals surface area contributed by atoms with Gasteiger partial charge < -0.3 is 31.1 Å². The number of anilines is 1. The minimum Gasteiger partial charge on any atom is -0.480 e. The van der Waals surface area contributed by atoms with E-state index in [1.54, 1.807) is 74.5 Å². The van der Waals surface area contributed by atoms with E-state index in [1.807, 2.05) is 12.1 Å². The normalized spacial score (nSPS) is 14.2. The lowest BCUT2D eigenvalue weighted by Crippen LogP contribution is -2.42. The lowest BCUT2D eigenvalue weighted by molar-refractivity contribution is -0.140. The van der Waals surface area contributed by atoms with Gasteiger partial charge in [-0.1, -0.05) is 60.7 Å². The van der Waals surface area contributed by atoms with Crippen LogP contribution in [0.1, 0.15) is 54.4 Å². The van der Waals surface area contributed by atoms with Gasteiger partial charge in [0.15, 0.2) is 0 Å². The SMILES string of the molecule is Cc1[nH]c(/C=C2\C(=O)Nc3ccc(C(=O)N[C@@H](Cc4ccccc4)C(=O)O)cc32)c(C)c1C(=O)N[C@H](Cc1ccccc1)C(=O)O. The van der Waals surface area contributed by atoms with Crippen LogP contribution in [0.15, 0.2) is 78.9 Å². The maximum atomic E-state index is 13.3. The molecule has 0 unspecified atom stereocenters. The van der Waals surface area contributed by atoms with Gasteiger partial charge in [0.1, 0.15) is 12.1 Å². The molecule has 0 aliphatic carbocycles. The van der Waals surface area contributed by atoms with Gasteiger partial charge in [-0.25, -0.2) is 9.59 Å². The number of fused-ring (bicyclic) bond motifs is 1. The molecule has 0 bridgehead atoms. The molecular weight excluding hydrogens is 588 g/mol. The van der Waals surface area contributed by atoms with E-state index in [4.69, 9.17) is 0 Å². The summed E-state index contributed by atoms with van der Waals surface area (Å²) in [6.07, 6.45) is 1.77. The second kappa shape index (κ2) is 13.3. The minimum absolute atomic E-state index is 0.0961. The number of carbonyl (C=O) groups excluding carboxylic acids is 3. The fourth-order valence-electron chi connectivity index (χ4n) is 5.45. The Kier molecular flexibility index (Phi) is 9.13. The average Bonchev–Trinajstić information content (AvgIpc) is 3.50. The molecule has 11 heteroatoms. The molecule has 6 N–H and O–H groups in total. The van der Waals surface area contributed by atoms with Crippen LogP contribution >= 0.6 is 0 Å². The fourth-order valence-corrected chi connectivity index (χ4v) is 5.45. The quantitative estimate of drug-likeness (QED) is 0.137. The van der Waals surface area contributed by atoms with E-state index in [-0.39, 0.29) is 29.5 Å². The Morgan fingerprint density at radius 1 is 0.783 bits per heavy atom. The lowest BCUT2D eigenvalue weighted by Gasteiger charge is -2.15. The smallest absolute Gasteiger partial charge is 0.326 e. The van der Waals surface area contributed by atoms with Gasteiger partial charge in [-0.3, -0.25) is 14.4 Å². The van der Waals surface area contributed by atoms with Gasteiger partial charge in [0.2, 0.25) is 0 Å². The van der Waals surface area contributed by atoms with Gasteiger partial charge in [0.05, 0.1) is 11.1 Å². The molecule has 1 aromatic heterocycles. The lowest BCUT2D eigenvalue weighted by atomic mass is 10.0. The van der Waals surface area contributed by atoms with Crippen LogP contribution in [0.2, 0.25) is 0 Å². The number of hydrogen-bond acceptors (Lipinski definition) is 5. The van der Waals surface area contributed by atoms with Crippen molar-refractivity contribution in [2.45, 2.75) is 38.8 Å². The van der Waals surface area contributed by atoms with Crippen LogP contribution in [-0.2, 0) is 27.2 Å². The highest BCUT2D eigenvalue weighted by Crippen LogP contribution is 2.35. The maximum Gasteiger partial charge on any atom is 0.326 e. The summed E-state index contributed by atoms with van der Waals surface area (Å²) in [4.78, 5) is 66.4. The molecule has 2 heterocycles. The number of aromatic nitrogens is 1. The van der Waals surface area contributed by atoms with Gasteiger partial charge in [-0.05, 0) is 54.8 Å². The van der Waals surface area contributed by atoms with Crippen LogP contribution in [0.3, 0.4) is 0 Å². The zero-order valence-corrected chi connectivity index (χ0v) is 25.1. The van der Waals surface area contributed by atoms with Crippen molar-refractivity contribution in [1.29, 1.82) is 0 Å². The molecule has 0 radical (unpaired) electrons. The minimum atomic E-state index is -1.18. The van der Waals surface area contributed by atoms with Gasteiger partial charge in [-0.2, -0.15) is 0 Å². The zero-order chi connectivity index (χ0) is 33.0. The highest BCUT2D eigenvalue weighted by molar-refractivity contribution is 6.35. The number of H-pyrrole nitrogens is 1. The average molecular weight is 621 g/mol. The first-order chi connectivity index (χ1) is 22.0. The molecule has 3 aromatic carbocycles. The number of hydrogen-bond donors (Lipinski definition) is 6. The molecule has 1 aliphatic heterocycles. The molecule has 234 valence electrons. The fraction of sp³-hybridized carbons (Fsp3) is 0.171. The first kappa shape index (κ1) is 31.5. The summed E-state index contributed by atoms with van der Waals surface area (Å²) in [6.45, 7) is 3.37. The number of aliphatic carboxylic acids is 2. The maximum absolute atomic E-state index is 13.3.